The molecular formula is C6H6F2N4O2. The van der Waals surface area contributed by atoms with Crippen LogP contribution < -0.4 is 11.5 Å². The lowest BCUT2D eigenvalue weighted by Gasteiger charge is -2.04. The number of hydrogen-bond acceptors (Lipinski definition) is 5. The summed E-state index contributed by atoms with van der Waals surface area (Å²) in [5.41, 5.74) is 8.85. The Morgan fingerprint density at radius 3 is 2.43 bits per heavy atom. The lowest BCUT2D eigenvalue weighted by Crippen LogP contribution is -2.05. The van der Waals surface area contributed by atoms with Crippen molar-refractivity contribution in [2.45, 2.75) is 6.43 Å². The Kier molecular flexibility index (Phi) is 2.45. The first kappa shape index (κ1) is 10.1. The second-order valence-electron chi connectivity index (χ2n) is 2.43. The highest BCUT2D eigenvalue weighted by Crippen LogP contribution is 2.30. The molecule has 0 radical (unpaired) electrons. The maximum atomic E-state index is 12.2. The molecule has 0 fully saturated rings. The van der Waals surface area contributed by atoms with Crippen molar-refractivity contribution in [3.63, 3.8) is 0 Å². The molecule has 1 heterocycles. The molecule has 0 spiro atoms. The van der Waals surface area contributed by atoms with Crippen molar-refractivity contribution in [2.24, 2.45) is 0 Å². The average molecular weight is 204 g/mol. The van der Waals surface area contributed by atoms with Gasteiger partial charge in [-0.15, -0.1) is 0 Å². The van der Waals surface area contributed by atoms with Crippen molar-refractivity contribution in [3.8, 4) is 0 Å². The van der Waals surface area contributed by atoms with Crippen LogP contribution >= 0.6 is 0 Å². The number of halogens is 2. The van der Waals surface area contributed by atoms with E-state index in [2.05, 4.69) is 4.98 Å². The van der Waals surface area contributed by atoms with Crippen molar-refractivity contribution in [3.05, 3.63) is 21.7 Å². The molecule has 0 unspecified atom stereocenters. The molecule has 76 valence electrons. The first-order chi connectivity index (χ1) is 6.43. The van der Waals surface area contributed by atoms with Crippen LogP contribution in [-0.4, -0.2) is 9.91 Å². The molecule has 0 aromatic carbocycles. The van der Waals surface area contributed by atoms with Gasteiger partial charge in [-0.25, -0.2) is 13.8 Å². The van der Waals surface area contributed by atoms with Crippen LogP contribution in [-0.2, 0) is 0 Å². The van der Waals surface area contributed by atoms with Gasteiger partial charge in [-0.3, -0.25) is 10.1 Å². The van der Waals surface area contributed by atoms with Gasteiger partial charge < -0.3 is 11.5 Å². The molecule has 4 N–H and O–H groups in total. The Labute approximate surface area is 76.7 Å². The molecule has 1 rings (SSSR count). The first-order valence-corrected chi connectivity index (χ1v) is 3.42. The van der Waals surface area contributed by atoms with Gasteiger partial charge in [0.2, 0.25) is 5.82 Å². The van der Waals surface area contributed by atoms with Crippen LogP contribution in [0.1, 0.15) is 12.0 Å². The normalized spacial score (nSPS) is 10.5. The number of aromatic nitrogens is 1. The number of nitrogen functional groups attached to an aromatic ring is 2. The summed E-state index contributed by atoms with van der Waals surface area (Å²) in [5, 5.41) is 10.3. The number of pyridine rings is 1. The van der Waals surface area contributed by atoms with Crippen LogP contribution in [0.2, 0.25) is 0 Å². The van der Waals surface area contributed by atoms with Crippen LogP contribution in [0.4, 0.5) is 26.1 Å². The molecule has 0 aliphatic carbocycles. The van der Waals surface area contributed by atoms with Gasteiger partial charge in [0, 0.05) is 6.07 Å². The monoisotopic (exact) mass is 204 g/mol. The predicted molar refractivity (Wildman–Crippen MR) is 44.7 cm³/mol. The summed E-state index contributed by atoms with van der Waals surface area (Å²) < 4.78 is 24.4. The van der Waals surface area contributed by atoms with Gasteiger partial charge in [-0.2, -0.15) is 0 Å². The van der Waals surface area contributed by atoms with E-state index in [0.29, 0.717) is 6.07 Å². The van der Waals surface area contributed by atoms with Gasteiger partial charge in [0.15, 0.2) is 0 Å². The second kappa shape index (κ2) is 3.40. The molecule has 0 saturated heterocycles. The number of nitrogens with two attached hydrogens (primary N) is 2. The summed E-state index contributed by atoms with van der Waals surface area (Å²) in [4.78, 5) is 12.7. The van der Waals surface area contributed by atoms with Crippen LogP contribution in [0.15, 0.2) is 6.07 Å². The van der Waals surface area contributed by atoms with Crippen molar-refractivity contribution < 1.29 is 13.7 Å². The number of anilines is 2. The topological polar surface area (TPSA) is 108 Å². The molecule has 1 aromatic heterocycles. The zero-order valence-electron chi connectivity index (χ0n) is 6.78. The minimum Gasteiger partial charge on any atom is -0.383 e. The van der Waals surface area contributed by atoms with Crippen molar-refractivity contribution in [2.75, 3.05) is 11.5 Å². The average Bonchev–Trinajstić information content (AvgIpc) is 2.02. The Morgan fingerprint density at radius 2 is 2.00 bits per heavy atom. The summed E-state index contributed by atoms with van der Waals surface area (Å²) in [5.74, 6) is -0.972. The summed E-state index contributed by atoms with van der Waals surface area (Å²) in [6, 6.07) is 0.627. The number of alkyl halides is 2. The molecule has 0 bridgehead atoms. The van der Waals surface area contributed by atoms with Crippen molar-refractivity contribution >= 4 is 17.3 Å². The molecule has 0 saturated carbocycles. The van der Waals surface area contributed by atoms with Crippen LogP contribution in [0.5, 0.6) is 0 Å². The second-order valence-corrected chi connectivity index (χ2v) is 2.43. The number of hydrogen-bond donors (Lipinski definition) is 2. The summed E-state index contributed by atoms with van der Waals surface area (Å²) in [7, 11) is 0. The molecule has 8 heteroatoms. The van der Waals surface area contributed by atoms with E-state index >= 15 is 0 Å². The Hall–Kier alpha value is -1.99. The standard InChI is InChI=1S/C6H6F2N4O2/c7-4(8)2-1-3(12(13)14)6(10)11-5(2)9/h1,4H,(H4,9,10,11). The van der Waals surface area contributed by atoms with Gasteiger partial charge in [0.05, 0.1) is 10.5 Å². The SMILES string of the molecule is Nc1nc(N)c([N+](=O)[O-])cc1C(F)F. The summed E-state index contributed by atoms with van der Waals surface area (Å²) in [6.07, 6.45) is -2.92. The highest BCUT2D eigenvalue weighted by molar-refractivity contribution is 5.60. The van der Waals surface area contributed by atoms with Crippen molar-refractivity contribution in [1.82, 2.24) is 4.98 Å². The molecule has 1 aromatic rings. The largest absolute Gasteiger partial charge is 0.383 e. The maximum absolute atomic E-state index is 12.2. The zero-order valence-corrected chi connectivity index (χ0v) is 6.78. The summed E-state index contributed by atoms with van der Waals surface area (Å²) in [6.45, 7) is 0. The quantitative estimate of drug-likeness (QED) is 0.553. The van der Waals surface area contributed by atoms with E-state index in [-0.39, 0.29) is 0 Å². The van der Waals surface area contributed by atoms with E-state index in [9.17, 15) is 18.9 Å². The highest BCUT2D eigenvalue weighted by Gasteiger charge is 2.21. The molecular weight excluding hydrogens is 198 g/mol. The third-order valence-electron chi connectivity index (χ3n) is 1.52. The predicted octanol–water partition coefficient (Wildman–Crippen LogP) is 1.09. The fraction of sp³-hybridized carbons (Fsp3) is 0.167. The third kappa shape index (κ3) is 1.68. The molecule has 0 amide bonds. The number of nitro groups is 1. The van der Waals surface area contributed by atoms with E-state index in [4.69, 9.17) is 11.5 Å². The molecule has 14 heavy (non-hydrogen) atoms. The lowest BCUT2D eigenvalue weighted by atomic mass is 10.2. The minimum atomic E-state index is -2.92. The molecule has 0 aliphatic rings. The smallest absolute Gasteiger partial charge is 0.311 e. The van der Waals surface area contributed by atoms with Crippen LogP contribution in [0.25, 0.3) is 0 Å². The van der Waals surface area contributed by atoms with Crippen LogP contribution in [0, 0.1) is 10.1 Å². The zero-order chi connectivity index (χ0) is 10.9. The Balaban J connectivity index is 3.34. The fourth-order valence-electron chi connectivity index (χ4n) is 0.868. The van der Waals surface area contributed by atoms with E-state index in [0.717, 1.165) is 0 Å². The first-order valence-electron chi connectivity index (χ1n) is 3.42. The summed E-state index contributed by atoms with van der Waals surface area (Å²) >= 11 is 0. The maximum Gasteiger partial charge on any atom is 0.311 e. The van der Waals surface area contributed by atoms with E-state index in [1.807, 2.05) is 0 Å². The highest BCUT2D eigenvalue weighted by atomic mass is 19.3. The van der Waals surface area contributed by atoms with E-state index in [1.54, 1.807) is 0 Å². The van der Waals surface area contributed by atoms with Gasteiger partial charge >= 0.3 is 5.69 Å². The fourth-order valence-corrected chi connectivity index (χ4v) is 0.868. The van der Waals surface area contributed by atoms with Crippen LogP contribution in [0.3, 0.4) is 0 Å². The number of nitrogens with zero attached hydrogens (tertiary/aromatic N) is 2. The van der Waals surface area contributed by atoms with E-state index in [1.165, 1.54) is 0 Å². The van der Waals surface area contributed by atoms with E-state index < -0.39 is 34.2 Å². The molecule has 6 nitrogen and oxygen atoms in total. The molecule has 0 aliphatic heterocycles. The van der Waals surface area contributed by atoms with Gasteiger partial charge in [-0.1, -0.05) is 0 Å². The molecule has 0 atom stereocenters. The van der Waals surface area contributed by atoms with Crippen molar-refractivity contribution in [1.29, 1.82) is 0 Å². The Morgan fingerprint density at radius 1 is 1.43 bits per heavy atom. The van der Waals surface area contributed by atoms with Gasteiger partial charge in [0.1, 0.15) is 5.82 Å². The number of rotatable bonds is 2. The van der Waals surface area contributed by atoms with Gasteiger partial charge in [0.25, 0.3) is 6.43 Å². The van der Waals surface area contributed by atoms with Gasteiger partial charge in [-0.05, 0) is 0 Å². The minimum absolute atomic E-state index is 0.475. The third-order valence-corrected chi connectivity index (χ3v) is 1.52. The lowest BCUT2D eigenvalue weighted by molar-refractivity contribution is -0.384. The Bertz CT molecular complexity index is 382.